The molecule has 0 aliphatic carbocycles. The first kappa shape index (κ1) is 16.6. The van der Waals surface area contributed by atoms with Gasteiger partial charge in [0.05, 0.1) is 4.83 Å². The van der Waals surface area contributed by atoms with Crippen LogP contribution < -0.4 is 0 Å². The SMILES string of the molecule is CSc1ccccc1C(Br)c1c(C)c(C)c(C)c(C)c1C. The van der Waals surface area contributed by atoms with Crippen LogP contribution in [0.3, 0.4) is 0 Å². The molecule has 0 bridgehead atoms. The molecular formula is C19H23BrS. The predicted molar refractivity (Wildman–Crippen MR) is 99.1 cm³/mol. The number of halogens is 1. The van der Waals surface area contributed by atoms with Crippen molar-refractivity contribution in [2.45, 2.75) is 44.3 Å². The smallest absolute Gasteiger partial charge is 0.0660 e. The van der Waals surface area contributed by atoms with Gasteiger partial charge in [-0.1, -0.05) is 34.1 Å². The van der Waals surface area contributed by atoms with Gasteiger partial charge in [-0.25, -0.2) is 0 Å². The van der Waals surface area contributed by atoms with E-state index in [2.05, 4.69) is 81.1 Å². The van der Waals surface area contributed by atoms with Crippen LogP contribution in [0.5, 0.6) is 0 Å². The van der Waals surface area contributed by atoms with Crippen LogP contribution in [0.25, 0.3) is 0 Å². The van der Waals surface area contributed by atoms with Crippen LogP contribution in [-0.2, 0) is 0 Å². The van der Waals surface area contributed by atoms with E-state index in [1.165, 1.54) is 43.8 Å². The Morgan fingerprint density at radius 2 is 1.29 bits per heavy atom. The topological polar surface area (TPSA) is 0 Å². The van der Waals surface area contributed by atoms with Crippen molar-refractivity contribution in [2.75, 3.05) is 6.26 Å². The van der Waals surface area contributed by atoms with Crippen molar-refractivity contribution in [3.05, 3.63) is 63.2 Å². The zero-order valence-corrected chi connectivity index (χ0v) is 16.1. The predicted octanol–water partition coefficient (Wildman–Crippen LogP) is 6.43. The van der Waals surface area contributed by atoms with E-state index in [0.29, 0.717) is 0 Å². The van der Waals surface area contributed by atoms with Crippen LogP contribution >= 0.6 is 27.7 Å². The fourth-order valence-corrected chi connectivity index (χ4v) is 4.81. The standard InChI is InChI=1S/C19H23BrS/c1-11-12(2)14(4)18(15(5)13(11)3)19(20)16-9-7-8-10-17(16)21-6/h7-10,19H,1-6H3. The second-order valence-electron chi connectivity index (χ2n) is 5.64. The highest BCUT2D eigenvalue weighted by Gasteiger charge is 2.21. The Kier molecular flexibility index (Phi) is 5.21. The molecule has 0 aliphatic heterocycles. The molecule has 1 unspecified atom stereocenters. The Labute approximate surface area is 141 Å². The molecule has 0 aromatic heterocycles. The molecule has 112 valence electrons. The molecule has 0 nitrogen and oxygen atoms in total. The molecule has 2 rings (SSSR count). The quantitative estimate of drug-likeness (QED) is 0.447. The Hall–Kier alpha value is -0.730. The number of rotatable bonds is 3. The van der Waals surface area contributed by atoms with E-state index in [9.17, 15) is 0 Å². The first-order valence-corrected chi connectivity index (χ1v) is 9.38. The van der Waals surface area contributed by atoms with Crippen molar-refractivity contribution >= 4 is 27.7 Å². The van der Waals surface area contributed by atoms with Crippen LogP contribution in [-0.4, -0.2) is 6.26 Å². The van der Waals surface area contributed by atoms with Gasteiger partial charge in [0.25, 0.3) is 0 Å². The van der Waals surface area contributed by atoms with Crippen LogP contribution in [0.2, 0.25) is 0 Å². The summed E-state index contributed by atoms with van der Waals surface area (Å²) in [6.07, 6.45) is 2.14. The summed E-state index contributed by atoms with van der Waals surface area (Å²) in [6.45, 7) is 11.2. The maximum atomic E-state index is 3.97. The highest BCUT2D eigenvalue weighted by atomic mass is 79.9. The lowest BCUT2D eigenvalue weighted by atomic mass is 9.87. The van der Waals surface area contributed by atoms with Gasteiger partial charge >= 0.3 is 0 Å². The maximum Gasteiger partial charge on any atom is 0.0660 e. The van der Waals surface area contributed by atoms with Crippen LogP contribution in [0.4, 0.5) is 0 Å². The van der Waals surface area contributed by atoms with Crippen molar-refractivity contribution in [1.82, 2.24) is 0 Å². The molecular weight excluding hydrogens is 340 g/mol. The first-order valence-electron chi connectivity index (χ1n) is 7.24. The molecule has 0 saturated heterocycles. The molecule has 0 spiro atoms. The van der Waals surface area contributed by atoms with Gasteiger partial charge < -0.3 is 0 Å². The molecule has 0 aliphatic rings. The van der Waals surface area contributed by atoms with E-state index < -0.39 is 0 Å². The van der Waals surface area contributed by atoms with E-state index in [0.717, 1.165) is 0 Å². The summed E-state index contributed by atoms with van der Waals surface area (Å²) in [6, 6.07) is 8.67. The van der Waals surface area contributed by atoms with Gasteiger partial charge in [0, 0.05) is 4.90 Å². The highest BCUT2D eigenvalue weighted by Crippen LogP contribution is 2.41. The maximum absolute atomic E-state index is 3.97. The summed E-state index contributed by atoms with van der Waals surface area (Å²) < 4.78 is 0. The molecule has 2 aromatic rings. The number of thioether (sulfide) groups is 1. The van der Waals surface area contributed by atoms with Gasteiger partial charge in [-0.15, -0.1) is 11.8 Å². The average Bonchev–Trinajstić information content (AvgIpc) is 2.51. The minimum absolute atomic E-state index is 0.249. The second-order valence-corrected chi connectivity index (χ2v) is 7.41. The zero-order chi connectivity index (χ0) is 15.7. The first-order chi connectivity index (χ1) is 9.90. The Bertz CT molecular complexity index is 645. The van der Waals surface area contributed by atoms with Crippen molar-refractivity contribution in [3.63, 3.8) is 0 Å². The fraction of sp³-hybridized carbons (Fsp3) is 0.368. The van der Waals surface area contributed by atoms with Gasteiger partial charge in [0.2, 0.25) is 0 Å². The van der Waals surface area contributed by atoms with E-state index in [1.54, 1.807) is 0 Å². The lowest BCUT2D eigenvalue weighted by Crippen LogP contribution is -2.06. The van der Waals surface area contributed by atoms with Crippen molar-refractivity contribution in [2.24, 2.45) is 0 Å². The van der Waals surface area contributed by atoms with Crippen LogP contribution in [0.1, 0.15) is 43.8 Å². The number of hydrogen-bond donors (Lipinski definition) is 0. The number of alkyl halides is 1. The van der Waals surface area contributed by atoms with Crippen LogP contribution in [0.15, 0.2) is 29.2 Å². The summed E-state index contributed by atoms with van der Waals surface area (Å²) >= 11 is 5.78. The average molecular weight is 363 g/mol. The van der Waals surface area contributed by atoms with Crippen LogP contribution in [0, 0.1) is 34.6 Å². The third kappa shape index (κ3) is 2.93. The highest BCUT2D eigenvalue weighted by molar-refractivity contribution is 9.09. The van der Waals surface area contributed by atoms with Crippen molar-refractivity contribution < 1.29 is 0 Å². The molecule has 2 aromatic carbocycles. The summed E-state index contributed by atoms with van der Waals surface area (Å²) in [5.41, 5.74) is 9.86. The van der Waals surface area contributed by atoms with Gasteiger partial charge in [0.15, 0.2) is 0 Å². The zero-order valence-electron chi connectivity index (χ0n) is 13.7. The molecule has 21 heavy (non-hydrogen) atoms. The second kappa shape index (κ2) is 6.58. The Morgan fingerprint density at radius 3 is 1.81 bits per heavy atom. The molecule has 0 fully saturated rings. The lowest BCUT2D eigenvalue weighted by Gasteiger charge is -2.23. The van der Waals surface area contributed by atoms with E-state index in [-0.39, 0.29) is 4.83 Å². The van der Waals surface area contributed by atoms with E-state index in [4.69, 9.17) is 0 Å². The van der Waals surface area contributed by atoms with Gasteiger partial charge in [0.1, 0.15) is 0 Å². The number of benzene rings is 2. The van der Waals surface area contributed by atoms with Crippen molar-refractivity contribution in [3.8, 4) is 0 Å². The normalized spacial score (nSPS) is 12.5. The molecule has 0 heterocycles. The summed E-state index contributed by atoms with van der Waals surface area (Å²) in [5.74, 6) is 0. The lowest BCUT2D eigenvalue weighted by molar-refractivity contribution is 1.03. The largest absolute Gasteiger partial charge is 0.129 e. The van der Waals surface area contributed by atoms with E-state index in [1.807, 2.05) is 11.8 Å². The minimum atomic E-state index is 0.249. The third-order valence-corrected chi connectivity index (χ3v) is 6.49. The molecule has 0 amide bonds. The van der Waals surface area contributed by atoms with Gasteiger partial charge in [-0.3, -0.25) is 0 Å². The molecule has 0 saturated carbocycles. The third-order valence-electron chi connectivity index (χ3n) is 4.72. The minimum Gasteiger partial charge on any atom is -0.129 e. The number of hydrogen-bond acceptors (Lipinski definition) is 1. The van der Waals surface area contributed by atoms with E-state index >= 15 is 0 Å². The molecule has 0 N–H and O–H groups in total. The molecule has 2 heteroatoms. The summed E-state index contributed by atoms with van der Waals surface area (Å²) in [7, 11) is 0. The van der Waals surface area contributed by atoms with Gasteiger partial charge in [-0.05, 0) is 85.9 Å². The monoisotopic (exact) mass is 362 g/mol. The molecule has 1 atom stereocenters. The Balaban J connectivity index is 2.67. The fourth-order valence-electron chi connectivity index (χ4n) is 2.94. The Morgan fingerprint density at radius 1 is 0.810 bits per heavy atom. The van der Waals surface area contributed by atoms with Crippen molar-refractivity contribution in [1.29, 1.82) is 0 Å². The summed E-state index contributed by atoms with van der Waals surface area (Å²) in [4.78, 5) is 1.59. The summed E-state index contributed by atoms with van der Waals surface area (Å²) in [5, 5.41) is 0. The molecule has 0 radical (unpaired) electrons. The van der Waals surface area contributed by atoms with Gasteiger partial charge in [-0.2, -0.15) is 0 Å².